The smallest absolute Gasteiger partial charge is 0.340 e. The van der Waals surface area contributed by atoms with E-state index in [2.05, 4.69) is 25.3 Å². The van der Waals surface area contributed by atoms with Crippen LogP contribution in [0.4, 0.5) is 5.00 Å². The second-order valence-corrected chi connectivity index (χ2v) is 5.68. The van der Waals surface area contributed by atoms with Crippen molar-refractivity contribution in [3.8, 4) is 0 Å². The number of aryl methyl sites for hydroxylation is 1. The van der Waals surface area contributed by atoms with Gasteiger partial charge in [0, 0.05) is 23.9 Å². The quantitative estimate of drug-likeness (QED) is 0.914. The number of carbonyl (C=O) groups is 2. The predicted molar refractivity (Wildman–Crippen MR) is 78.5 cm³/mol. The van der Waals surface area contributed by atoms with Crippen LogP contribution in [-0.4, -0.2) is 33.4 Å². The van der Waals surface area contributed by atoms with Gasteiger partial charge in [0.25, 0.3) is 5.91 Å². The molecular formula is C12H10BrN3O3S. The molecule has 0 atom stereocenters. The minimum absolute atomic E-state index is 0.0498. The Bertz CT molecular complexity index is 686. The van der Waals surface area contributed by atoms with Crippen molar-refractivity contribution in [3.05, 3.63) is 39.8 Å². The number of carboxylic acid groups (broad SMARTS) is 1. The van der Waals surface area contributed by atoms with Crippen LogP contribution in [0.3, 0.4) is 0 Å². The van der Waals surface area contributed by atoms with Crippen LogP contribution in [0.5, 0.6) is 0 Å². The number of rotatable bonds is 3. The van der Waals surface area contributed by atoms with Crippen molar-refractivity contribution in [1.29, 1.82) is 0 Å². The SMILES string of the molecule is Cc1nsc(N(C)C(=O)c2cncc(Br)c2)c1C(=O)O. The standard InChI is InChI=1S/C12H10BrN3O3S/c1-6-9(12(18)19)11(20-15-6)16(2)10(17)7-3-8(13)5-14-4-7/h3-5H,1-2H3,(H,18,19). The molecule has 2 aromatic rings. The molecule has 0 radical (unpaired) electrons. The third-order valence-corrected chi connectivity index (χ3v) is 4.07. The zero-order valence-corrected chi connectivity index (χ0v) is 13.0. The van der Waals surface area contributed by atoms with Gasteiger partial charge >= 0.3 is 5.97 Å². The van der Waals surface area contributed by atoms with Crippen molar-refractivity contribution < 1.29 is 14.7 Å². The molecule has 104 valence electrons. The molecule has 0 aromatic carbocycles. The van der Waals surface area contributed by atoms with Crippen LogP contribution in [0.25, 0.3) is 0 Å². The Morgan fingerprint density at radius 1 is 1.40 bits per heavy atom. The number of hydrogen-bond donors (Lipinski definition) is 1. The van der Waals surface area contributed by atoms with E-state index in [1.807, 2.05) is 0 Å². The highest BCUT2D eigenvalue weighted by molar-refractivity contribution is 9.10. The van der Waals surface area contributed by atoms with Crippen LogP contribution in [0.2, 0.25) is 0 Å². The van der Waals surface area contributed by atoms with Crippen molar-refractivity contribution >= 4 is 44.3 Å². The molecule has 6 nitrogen and oxygen atoms in total. The molecule has 0 saturated carbocycles. The van der Waals surface area contributed by atoms with E-state index >= 15 is 0 Å². The summed E-state index contributed by atoms with van der Waals surface area (Å²) in [7, 11) is 1.52. The van der Waals surface area contributed by atoms with Gasteiger partial charge in [0.05, 0.1) is 11.3 Å². The van der Waals surface area contributed by atoms with Gasteiger partial charge in [-0.1, -0.05) is 0 Å². The highest BCUT2D eigenvalue weighted by atomic mass is 79.9. The Morgan fingerprint density at radius 3 is 2.70 bits per heavy atom. The summed E-state index contributed by atoms with van der Waals surface area (Å²) in [5.41, 5.74) is 0.808. The Labute approximate surface area is 127 Å². The average molecular weight is 356 g/mol. The van der Waals surface area contributed by atoms with E-state index in [0.29, 0.717) is 20.7 Å². The van der Waals surface area contributed by atoms with E-state index in [0.717, 1.165) is 11.5 Å². The number of halogens is 1. The molecule has 0 unspecified atom stereocenters. The third-order valence-electron chi connectivity index (χ3n) is 2.62. The molecule has 0 bridgehead atoms. The zero-order chi connectivity index (χ0) is 14.9. The minimum Gasteiger partial charge on any atom is -0.478 e. The number of carbonyl (C=O) groups excluding carboxylic acids is 1. The maximum absolute atomic E-state index is 12.3. The zero-order valence-electron chi connectivity index (χ0n) is 10.6. The lowest BCUT2D eigenvalue weighted by molar-refractivity contribution is 0.0697. The molecule has 0 aliphatic rings. The number of amides is 1. The molecule has 0 spiro atoms. The second-order valence-electron chi connectivity index (χ2n) is 4.01. The van der Waals surface area contributed by atoms with E-state index in [4.69, 9.17) is 0 Å². The normalized spacial score (nSPS) is 10.3. The fourth-order valence-electron chi connectivity index (χ4n) is 1.65. The van der Waals surface area contributed by atoms with Crippen molar-refractivity contribution in [3.63, 3.8) is 0 Å². The van der Waals surface area contributed by atoms with Gasteiger partial charge in [0.1, 0.15) is 10.6 Å². The molecule has 8 heteroatoms. The molecule has 0 fully saturated rings. The van der Waals surface area contributed by atoms with E-state index < -0.39 is 5.97 Å². The Balaban J connectivity index is 2.39. The number of aromatic carboxylic acids is 1. The van der Waals surface area contributed by atoms with Gasteiger partial charge in [-0.25, -0.2) is 4.79 Å². The van der Waals surface area contributed by atoms with Crippen molar-refractivity contribution in [2.24, 2.45) is 0 Å². The minimum atomic E-state index is -1.10. The number of aromatic nitrogens is 2. The number of anilines is 1. The number of pyridine rings is 1. The number of carboxylic acids is 1. The van der Waals surface area contributed by atoms with Crippen LogP contribution in [0, 0.1) is 6.92 Å². The molecule has 1 N–H and O–H groups in total. The molecule has 20 heavy (non-hydrogen) atoms. The van der Waals surface area contributed by atoms with Gasteiger partial charge in [-0.2, -0.15) is 4.37 Å². The summed E-state index contributed by atoms with van der Waals surface area (Å²) in [6, 6.07) is 1.63. The van der Waals surface area contributed by atoms with Gasteiger partial charge in [0.15, 0.2) is 0 Å². The maximum Gasteiger partial charge on any atom is 0.340 e. The Kier molecular flexibility index (Phi) is 4.15. The first-order valence-corrected chi connectivity index (χ1v) is 7.06. The first-order valence-electron chi connectivity index (χ1n) is 5.50. The van der Waals surface area contributed by atoms with Crippen molar-refractivity contribution in [2.75, 3.05) is 11.9 Å². The van der Waals surface area contributed by atoms with E-state index in [9.17, 15) is 14.7 Å². The first kappa shape index (κ1) is 14.6. The second kappa shape index (κ2) is 5.68. The topological polar surface area (TPSA) is 83.4 Å². The molecule has 1 amide bonds. The number of nitrogens with zero attached hydrogens (tertiary/aromatic N) is 3. The van der Waals surface area contributed by atoms with Crippen LogP contribution >= 0.6 is 27.5 Å². The summed E-state index contributed by atoms with van der Waals surface area (Å²) >= 11 is 4.22. The highest BCUT2D eigenvalue weighted by Crippen LogP contribution is 2.29. The summed E-state index contributed by atoms with van der Waals surface area (Å²) in [5.74, 6) is -1.44. The highest BCUT2D eigenvalue weighted by Gasteiger charge is 2.24. The predicted octanol–water partition coefficient (Wildman–Crippen LogP) is 2.58. The third kappa shape index (κ3) is 2.70. The van der Waals surface area contributed by atoms with Gasteiger partial charge in [-0.3, -0.25) is 9.78 Å². The number of hydrogen-bond acceptors (Lipinski definition) is 5. The maximum atomic E-state index is 12.3. The van der Waals surface area contributed by atoms with Crippen LogP contribution in [0.1, 0.15) is 26.4 Å². The molecule has 0 saturated heterocycles. The summed E-state index contributed by atoms with van der Waals surface area (Å²) < 4.78 is 4.67. The summed E-state index contributed by atoms with van der Waals surface area (Å²) in [6.45, 7) is 1.60. The fourth-order valence-corrected chi connectivity index (χ4v) is 2.86. The van der Waals surface area contributed by atoms with E-state index in [-0.39, 0.29) is 11.5 Å². The van der Waals surface area contributed by atoms with Gasteiger partial charge in [0.2, 0.25) is 0 Å². The molecule has 2 heterocycles. The van der Waals surface area contributed by atoms with Gasteiger partial charge in [-0.15, -0.1) is 0 Å². The lowest BCUT2D eigenvalue weighted by Crippen LogP contribution is -2.27. The summed E-state index contributed by atoms with van der Waals surface area (Å²) in [5, 5.41) is 9.50. The summed E-state index contributed by atoms with van der Waals surface area (Å²) in [4.78, 5) is 28.8. The Hall–Kier alpha value is -1.80. The lowest BCUT2D eigenvalue weighted by Gasteiger charge is -2.15. The van der Waals surface area contributed by atoms with Gasteiger partial charge in [-0.05, 0) is 40.5 Å². The average Bonchev–Trinajstić information content (AvgIpc) is 2.79. The van der Waals surface area contributed by atoms with Gasteiger partial charge < -0.3 is 10.0 Å². The Morgan fingerprint density at radius 2 is 2.10 bits per heavy atom. The fraction of sp³-hybridized carbons (Fsp3) is 0.167. The van der Waals surface area contributed by atoms with E-state index in [1.54, 1.807) is 19.2 Å². The van der Waals surface area contributed by atoms with Crippen LogP contribution < -0.4 is 4.90 Å². The van der Waals surface area contributed by atoms with Crippen molar-refractivity contribution in [2.45, 2.75) is 6.92 Å². The molecule has 2 rings (SSSR count). The molecular weight excluding hydrogens is 346 g/mol. The first-order chi connectivity index (χ1) is 9.41. The largest absolute Gasteiger partial charge is 0.478 e. The molecule has 2 aromatic heterocycles. The van der Waals surface area contributed by atoms with Crippen LogP contribution in [-0.2, 0) is 0 Å². The lowest BCUT2D eigenvalue weighted by atomic mass is 10.2. The molecule has 0 aliphatic carbocycles. The van der Waals surface area contributed by atoms with E-state index in [1.165, 1.54) is 18.1 Å². The van der Waals surface area contributed by atoms with Crippen LogP contribution in [0.15, 0.2) is 22.9 Å². The monoisotopic (exact) mass is 355 g/mol. The van der Waals surface area contributed by atoms with Crippen molar-refractivity contribution in [1.82, 2.24) is 9.36 Å². The summed E-state index contributed by atoms with van der Waals surface area (Å²) in [6.07, 6.45) is 2.99. The molecule has 0 aliphatic heterocycles.